The van der Waals surface area contributed by atoms with Gasteiger partial charge < -0.3 is 18.8 Å². The van der Waals surface area contributed by atoms with Crippen LogP contribution in [-0.2, 0) is 35.5 Å². The van der Waals surface area contributed by atoms with Gasteiger partial charge in [-0.15, -0.1) is 6.58 Å². The number of hydrogen-bond donors (Lipinski definition) is 0. The second-order valence-corrected chi connectivity index (χ2v) is 9.25. The van der Waals surface area contributed by atoms with Gasteiger partial charge in [0.2, 0.25) is 5.91 Å². The van der Waals surface area contributed by atoms with Crippen LogP contribution in [0.1, 0.15) is 36.4 Å². The van der Waals surface area contributed by atoms with Gasteiger partial charge in [-0.05, 0) is 67.6 Å². The molecule has 0 aliphatic heterocycles. The fraction of sp³-hybridized carbons (Fsp3) is 0.312. The number of benzene rings is 3. The summed E-state index contributed by atoms with van der Waals surface area (Å²) in [6.45, 7) is 10.8. The van der Waals surface area contributed by atoms with E-state index in [9.17, 15) is 4.79 Å². The molecule has 39 heavy (non-hydrogen) atoms. The molecule has 0 saturated carbocycles. The van der Waals surface area contributed by atoms with Gasteiger partial charge in [0.25, 0.3) is 0 Å². The fourth-order valence-electron chi connectivity index (χ4n) is 4.73. The molecule has 7 heteroatoms. The Kier molecular flexibility index (Phi) is 9.39. The molecule has 0 radical (unpaired) electrons. The number of aromatic nitrogens is 2. The quantitative estimate of drug-likeness (QED) is 0.152. The molecule has 0 aliphatic rings. The van der Waals surface area contributed by atoms with Crippen molar-refractivity contribution in [3.8, 4) is 11.5 Å². The van der Waals surface area contributed by atoms with Crippen molar-refractivity contribution in [1.29, 1.82) is 0 Å². The Labute approximate surface area is 230 Å². The monoisotopic (exact) mass is 527 g/mol. The van der Waals surface area contributed by atoms with Crippen LogP contribution >= 0.6 is 0 Å². The van der Waals surface area contributed by atoms with Gasteiger partial charge in [0, 0.05) is 6.61 Å². The van der Waals surface area contributed by atoms with Crippen molar-refractivity contribution >= 4 is 22.6 Å². The number of aryl methyl sites for hydroxylation is 2. The van der Waals surface area contributed by atoms with Gasteiger partial charge >= 0.3 is 0 Å². The van der Waals surface area contributed by atoms with Crippen LogP contribution in [0.25, 0.3) is 11.0 Å². The highest BCUT2D eigenvalue weighted by atomic mass is 16.5. The van der Waals surface area contributed by atoms with E-state index in [1.807, 2.05) is 79.1 Å². The summed E-state index contributed by atoms with van der Waals surface area (Å²) < 4.78 is 19.4. The minimum Gasteiger partial charge on any atom is -0.493 e. The summed E-state index contributed by atoms with van der Waals surface area (Å²) in [5.74, 6) is 1.82. The average molecular weight is 528 g/mol. The van der Waals surface area contributed by atoms with Crippen LogP contribution in [0, 0.1) is 6.92 Å². The summed E-state index contributed by atoms with van der Waals surface area (Å²) in [4.78, 5) is 20.5. The number of rotatable bonds is 13. The van der Waals surface area contributed by atoms with Crippen molar-refractivity contribution < 1.29 is 19.0 Å². The van der Waals surface area contributed by atoms with Crippen LogP contribution in [0.2, 0.25) is 0 Å². The number of nitrogens with zero attached hydrogens (tertiary/aromatic N) is 3. The predicted octanol–water partition coefficient (Wildman–Crippen LogP) is 6.25. The number of amides is 1. The molecule has 0 unspecified atom stereocenters. The smallest absolute Gasteiger partial charge is 0.248 e. The van der Waals surface area contributed by atoms with Crippen molar-refractivity contribution in [2.45, 2.75) is 46.8 Å². The van der Waals surface area contributed by atoms with Crippen LogP contribution in [0.5, 0.6) is 11.5 Å². The molecule has 0 fully saturated rings. The zero-order valence-electron chi connectivity index (χ0n) is 23.3. The second-order valence-electron chi connectivity index (χ2n) is 9.25. The standard InChI is InChI=1S/C32H37N3O4/c1-6-12-24-17-18-28(29(19-24)37-5)39-21-30-33-26-15-9-10-16-27(26)34(30)20-31(36)35(22-38-8-3)32-23(4)13-11-14-25(32)7-2/h6,9-11,13-19H,1,7-8,12,20-22H2,2-5H3. The van der Waals surface area contributed by atoms with E-state index in [0.29, 0.717) is 23.9 Å². The molecule has 4 aromatic rings. The van der Waals surface area contributed by atoms with Gasteiger partial charge in [-0.1, -0.05) is 49.4 Å². The molecular formula is C32H37N3O4. The number of ether oxygens (including phenoxy) is 3. The van der Waals surface area contributed by atoms with Gasteiger partial charge in [-0.25, -0.2) is 4.98 Å². The van der Waals surface area contributed by atoms with Gasteiger partial charge in [-0.3, -0.25) is 9.69 Å². The van der Waals surface area contributed by atoms with Crippen molar-refractivity contribution in [3.63, 3.8) is 0 Å². The van der Waals surface area contributed by atoms with Crippen molar-refractivity contribution in [1.82, 2.24) is 9.55 Å². The number of anilines is 1. The van der Waals surface area contributed by atoms with Gasteiger partial charge in [0.15, 0.2) is 11.5 Å². The minimum atomic E-state index is -0.0804. The lowest BCUT2D eigenvalue weighted by Crippen LogP contribution is -2.37. The lowest BCUT2D eigenvalue weighted by Gasteiger charge is -2.27. The number of imidazole rings is 1. The highest BCUT2D eigenvalue weighted by Crippen LogP contribution is 2.30. The number of fused-ring (bicyclic) bond motifs is 1. The molecule has 1 amide bonds. The predicted molar refractivity (Wildman–Crippen MR) is 155 cm³/mol. The van der Waals surface area contributed by atoms with Crippen molar-refractivity contribution in [2.75, 3.05) is 25.3 Å². The molecule has 0 spiro atoms. The Balaban J connectivity index is 1.66. The highest BCUT2D eigenvalue weighted by molar-refractivity contribution is 5.95. The van der Waals surface area contributed by atoms with E-state index in [1.54, 1.807) is 12.0 Å². The number of carbonyl (C=O) groups is 1. The first-order valence-corrected chi connectivity index (χ1v) is 13.3. The van der Waals surface area contributed by atoms with Crippen molar-refractivity contribution in [2.24, 2.45) is 0 Å². The maximum atomic E-state index is 13.9. The molecule has 7 nitrogen and oxygen atoms in total. The van der Waals surface area contributed by atoms with Crippen LogP contribution in [0.15, 0.2) is 73.3 Å². The van der Waals surface area contributed by atoms with E-state index in [0.717, 1.165) is 46.3 Å². The topological polar surface area (TPSA) is 65.8 Å². The molecule has 0 atom stereocenters. The normalized spacial score (nSPS) is 11.0. The summed E-state index contributed by atoms with van der Waals surface area (Å²) in [5.41, 5.74) is 5.81. The Morgan fingerprint density at radius 1 is 1.08 bits per heavy atom. The molecular weight excluding hydrogens is 490 g/mol. The first-order valence-electron chi connectivity index (χ1n) is 13.3. The van der Waals surface area contributed by atoms with Crippen LogP contribution in [0.4, 0.5) is 5.69 Å². The van der Waals surface area contributed by atoms with E-state index < -0.39 is 0 Å². The molecule has 1 heterocycles. The maximum absolute atomic E-state index is 13.9. The third-order valence-corrected chi connectivity index (χ3v) is 6.69. The molecule has 3 aromatic carbocycles. The number of methoxy groups -OCH3 is 1. The maximum Gasteiger partial charge on any atom is 0.248 e. The Morgan fingerprint density at radius 3 is 2.64 bits per heavy atom. The number of para-hydroxylation sites is 3. The average Bonchev–Trinajstić information content (AvgIpc) is 3.30. The fourth-order valence-corrected chi connectivity index (χ4v) is 4.73. The summed E-state index contributed by atoms with van der Waals surface area (Å²) >= 11 is 0. The molecule has 0 N–H and O–H groups in total. The number of allylic oxidation sites excluding steroid dienone is 1. The molecule has 4 rings (SSSR count). The van der Waals surface area contributed by atoms with E-state index in [-0.39, 0.29) is 25.8 Å². The summed E-state index contributed by atoms with van der Waals surface area (Å²) in [5, 5.41) is 0. The first-order chi connectivity index (χ1) is 19.0. The number of carbonyl (C=O) groups excluding carboxylic acids is 1. The third-order valence-electron chi connectivity index (χ3n) is 6.69. The van der Waals surface area contributed by atoms with Crippen molar-refractivity contribution in [3.05, 3.63) is 95.8 Å². The van der Waals surface area contributed by atoms with Gasteiger partial charge in [0.1, 0.15) is 25.7 Å². The van der Waals surface area contributed by atoms with Crippen LogP contribution in [-0.4, -0.2) is 35.9 Å². The zero-order valence-corrected chi connectivity index (χ0v) is 23.3. The number of hydrogen-bond acceptors (Lipinski definition) is 5. The Bertz CT molecular complexity index is 1440. The summed E-state index contributed by atoms with van der Waals surface area (Å²) in [7, 11) is 1.62. The Hall–Kier alpha value is -4.10. The molecule has 0 bridgehead atoms. The zero-order chi connectivity index (χ0) is 27.8. The lowest BCUT2D eigenvalue weighted by atomic mass is 10.0. The third kappa shape index (κ3) is 6.32. The van der Waals surface area contributed by atoms with Crippen LogP contribution < -0.4 is 14.4 Å². The Morgan fingerprint density at radius 2 is 1.90 bits per heavy atom. The SMILES string of the molecule is C=CCc1ccc(OCc2nc3ccccc3n2CC(=O)N(COCC)c2c(C)cccc2CC)c(OC)c1. The van der Waals surface area contributed by atoms with E-state index in [1.165, 1.54) is 0 Å². The molecule has 0 saturated heterocycles. The molecule has 0 aliphatic carbocycles. The molecule has 204 valence electrons. The first kappa shape index (κ1) is 27.9. The van der Waals surface area contributed by atoms with Gasteiger partial charge in [0.05, 0.1) is 23.8 Å². The van der Waals surface area contributed by atoms with E-state index >= 15 is 0 Å². The molecule has 1 aromatic heterocycles. The largest absolute Gasteiger partial charge is 0.493 e. The second kappa shape index (κ2) is 13.1. The highest BCUT2D eigenvalue weighted by Gasteiger charge is 2.23. The van der Waals surface area contributed by atoms with E-state index in [4.69, 9.17) is 19.2 Å². The van der Waals surface area contributed by atoms with Gasteiger partial charge in [-0.2, -0.15) is 0 Å². The van der Waals surface area contributed by atoms with Crippen LogP contribution in [0.3, 0.4) is 0 Å². The minimum absolute atomic E-state index is 0.0804. The van der Waals surface area contributed by atoms with E-state index in [2.05, 4.69) is 19.6 Å². The summed E-state index contributed by atoms with van der Waals surface area (Å²) in [6, 6.07) is 19.8. The lowest BCUT2D eigenvalue weighted by molar-refractivity contribution is -0.120. The summed E-state index contributed by atoms with van der Waals surface area (Å²) in [6.07, 6.45) is 3.41.